The highest BCUT2D eigenvalue weighted by molar-refractivity contribution is 5.28. The molecule has 0 aromatic heterocycles. The predicted molar refractivity (Wildman–Crippen MR) is 40.2 cm³/mol. The Kier molecular flexibility index (Phi) is 3.21. The minimum Gasteiger partial charge on any atom is -0.509 e. The van der Waals surface area contributed by atoms with Gasteiger partial charge in [0.25, 0.3) is 0 Å². The molecule has 0 atom stereocenters. The fourth-order valence-corrected chi connectivity index (χ4v) is 0.271. The van der Waals surface area contributed by atoms with E-state index in [0.717, 1.165) is 5.57 Å². The summed E-state index contributed by atoms with van der Waals surface area (Å²) >= 11 is 0. The maximum atomic E-state index is 8.54. The standard InChI is InChI=1S/C8H10O/c1-4-7(2)5-6-8(3)9/h4-6,9H,1-3H2/b6-5-. The lowest BCUT2D eigenvalue weighted by Crippen LogP contribution is -1.68. The highest BCUT2D eigenvalue weighted by atomic mass is 16.3. The fourth-order valence-electron chi connectivity index (χ4n) is 0.271. The van der Waals surface area contributed by atoms with E-state index in [9.17, 15) is 0 Å². The van der Waals surface area contributed by atoms with Gasteiger partial charge in [-0.1, -0.05) is 31.9 Å². The second kappa shape index (κ2) is 3.72. The average molecular weight is 122 g/mol. The van der Waals surface area contributed by atoms with Gasteiger partial charge in [-0.15, -0.1) is 0 Å². The maximum absolute atomic E-state index is 8.54. The predicted octanol–water partition coefficient (Wildman–Crippen LogP) is 2.36. The molecule has 0 amide bonds. The van der Waals surface area contributed by atoms with Crippen molar-refractivity contribution in [3.8, 4) is 0 Å². The van der Waals surface area contributed by atoms with Crippen LogP contribution in [0.15, 0.2) is 49.3 Å². The summed E-state index contributed by atoms with van der Waals surface area (Å²) in [5.74, 6) is 0.0259. The van der Waals surface area contributed by atoms with Crippen LogP contribution in [0, 0.1) is 0 Å². The minimum absolute atomic E-state index is 0.0259. The van der Waals surface area contributed by atoms with Crippen LogP contribution >= 0.6 is 0 Å². The van der Waals surface area contributed by atoms with E-state index in [1.54, 1.807) is 12.2 Å². The molecule has 48 valence electrons. The molecule has 0 aromatic carbocycles. The lowest BCUT2D eigenvalue weighted by atomic mass is 10.3. The van der Waals surface area contributed by atoms with Gasteiger partial charge in [0.1, 0.15) is 5.76 Å². The van der Waals surface area contributed by atoms with Crippen LogP contribution in [0.5, 0.6) is 0 Å². The maximum Gasteiger partial charge on any atom is 0.108 e. The van der Waals surface area contributed by atoms with E-state index in [-0.39, 0.29) is 5.76 Å². The molecule has 0 aliphatic heterocycles. The summed E-state index contributed by atoms with van der Waals surface area (Å²) in [7, 11) is 0. The zero-order valence-electron chi connectivity index (χ0n) is 5.30. The number of aliphatic hydroxyl groups is 1. The zero-order chi connectivity index (χ0) is 7.28. The molecule has 1 N–H and O–H groups in total. The van der Waals surface area contributed by atoms with Gasteiger partial charge in [0.15, 0.2) is 0 Å². The molecular weight excluding hydrogens is 112 g/mol. The molecule has 0 radical (unpaired) electrons. The highest BCUT2D eigenvalue weighted by Crippen LogP contribution is 1.94. The normalized spacial score (nSPS) is 9.33. The Morgan fingerprint density at radius 2 is 1.78 bits per heavy atom. The molecule has 1 nitrogen and oxygen atoms in total. The van der Waals surface area contributed by atoms with E-state index in [1.165, 1.54) is 6.08 Å². The van der Waals surface area contributed by atoms with Gasteiger partial charge in [-0.3, -0.25) is 0 Å². The Balaban J connectivity index is 3.85. The van der Waals surface area contributed by atoms with Gasteiger partial charge in [0.2, 0.25) is 0 Å². The van der Waals surface area contributed by atoms with Gasteiger partial charge in [-0.05, 0) is 11.6 Å². The van der Waals surface area contributed by atoms with Crippen LogP contribution in [-0.4, -0.2) is 5.11 Å². The van der Waals surface area contributed by atoms with Crippen molar-refractivity contribution < 1.29 is 5.11 Å². The third kappa shape index (κ3) is 4.62. The van der Waals surface area contributed by atoms with Crippen molar-refractivity contribution in [1.82, 2.24) is 0 Å². The van der Waals surface area contributed by atoms with E-state index in [0.29, 0.717) is 0 Å². The molecule has 1 heteroatoms. The Hall–Kier alpha value is -1.24. The number of aliphatic hydroxyl groups excluding tert-OH is 1. The highest BCUT2D eigenvalue weighted by Gasteiger charge is 1.77. The molecule has 0 aliphatic rings. The van der Waals surface area contributed by atoms with Crippen LogP contribution in [0.25, 0.3) is 0 Å². The number of rotatable bonds is 3. The molecular formula is C8H10O. The van der Waals surface area contributed by atoms with Crippen molar-refractivity contribution in [3.05, 3.63) is 49.3 Å². The molecule has 0 unspecified atom stereocenters. The van der Waals surface area contributed by atoms with Gasteiger partial charge in [0.05, 0.1) is 0 Å². The Labute approximate surface area is 55.3 Å². The third-order valence-corrected chi connectivity index (χ3v) is 0.752. The van der Waals surface area contributed by atoms with Gasteiger partial charge < -0.3 is 5.11 Å². The van der Waals surface area contributed by atoms with Gasteiger partial charge in [-0.2, -0.15) is 0 Å². The van der Waals surface area contributed by atoms with E-state index in [4.69, 9.17) is 5.11 Å². The van der Waals surface area contributed by atoms with E-state index in [2.05, 4.69) is 19.7 Å². The Bertz CT molecular complexity index is 163. The lowest BCUT2D eigenvalue weighted by molar-refractivity contribution is 0.435. The van der Waals surface area contributed by atoms with Crippen molar-refractivity contribution in [2.75, 3.05) is 0 Å². The minimum atomic E-state index is 0.0259. The van der Waals surface area contributed by atoms with Crippen molar-refractivity contribution >= 4 is 0 Å². The first-order valence-corrected chi connectivity index (χ1v) is 2.54. The second-order valence-electron chi connectivity index (χ2n) is 1.60. The first kappa shape index (κ1) is 7.76. The molecule has 0 bridgehead atoms. The Morgan fingerprint density at radius 3 is 2.11 bits per heavy atom. The van der Waals surface area contributed by atoms with E-state index < -0.39 is 0 Å². The van der Waals surface area contributed by atoms with Crippen LogP contribution in [0.3, 0.4) is 0 Å². The number of allylic oxidation sites excluding steroid dienone is 4. The SMILES string of the molecule is C=CC(=C)/C=C\C(=C)O. The summed E-state index contributed by atoms with van der Waals surface area (Å²) in [6, 6.07) is 0. The van der Waals surface area contributed by atoms with Crippen LogP contribution < -0.4 is 0 Å². The zero-order valence-corrected chi connectivity index (χ0v) is 5.30. The van der Waals surface area contributed by atoms with Crippen LogP contribution in [0.1, 0.15) is 0 Å². The van der Waals surface area contributed by atoms with Crippen molar-refractivity contribution in [1.29, 1.82) is 0 Å². The third-order valence-electron chi connectivity index (χ3n) is 0.752. The summed E-state index contributed by atoms with van der Waals surface area (Å²) in [5, 5.41) is 8.54. The van der Waals surface area contributed by atoms with Crippen LogP contribution in [0.4, 0.5) is 0 Å². The quantitative estimate of drug-likeness (QED) is 0.450. The molecule has 0 saturated carbocycles. The number of hydrogen-bond donors (Lipinski definition) is 1. The summed E-state index contributed by atoms with van der Waals surface area (Å²) in [6.45, 7) is 10.3. The molecule has 0 heterocycles. The first-order valence-electron chi connectivity index (χ1n) is 2.54. The number of hydrogen-bond acceptors (Lipinski definition) is 1. The Morgan fingerprint density at radius 1 is 1.22 bits per heavy atom. The molecule has 0 aromatic rings. The smallest absolute Gasteiger partial charge is 0.108 e. The summed E-state index contributed by atoms with van der Waals surface area (Å²) in [5.41, 5.74) is 0.755. The molecule has 0 rings (SSSR count). The largest absolute Gasteiger partial charge is 0.509 e. The van der Waals surface area contributed by atoms with Crippen LogP contribution in [0.2, 0.25) is 0 Å². The van der Waals surface area contributed by atoms with Crippen molar-refractivity contribution in [2.24, 2.45) is 0 Å². The second-order valence-corrected chi connectivity index (χ2v) is 1.60. The monoisotopic (exact) mass is 122 g/mol. The molecule has 0 fully saturated rings. The topological polar surface area (TPSA) is 20.2 Å². The average Bonchev–Trinajstić information content (AvgIpc) is 1.83. The van der Waals surface area contributed by atoms with Gasteiger partial charge >= 0.3 is 0 Å². The molecule has 0 spiro atoms. The molecule has 0 saturated heterocycles. The summed E-state index contributed by atoms with van der Waals surface area (Å²) in [6.07, 6.45) is 4.69. The molecule has 0 aliphatic carbocycles. The van der Waals surface area contributed by atoms with Crippen LogP contribution in [-0.2, 0) is 0 Å². The molecule has 9 heavy (non-hydrogen) atoms. The first-order chi connectivity index (χ1) is 4.16. The summed E-state index contributed by atoms with van der Waals surface area (Å²) < 4.78 is 0. The van der Waals surface area contributed by atoms with Gasteiger partial charge in [-0.25, -0.2) is 0 Å². The van der Waals surface area contributed by atoms with Gasteiger partial charge in [0, 0.05) is 0 Å². The summed E-state index contributed by atoms with van der Waals surface area (Å²) in [4.78, 5) is 0. The van der Waals surface area contributed by atoms with E-state index >= 15 is 0 Å². The van der Waals surface area contributed by atoms with E-state index in [1.807, 2.05) is 0 Å². The lowest BCUT2D eigenvalue weighted by Gasteiger charge is -1.85. The van der Waals surface area contributed by atoms with Crippen molar-refractivity contribution in [3.63, 3.8) is 0 Å². The fraction of sp³-hybridized carbons (Fsp3) is 0. The van der Waals surface area contributed by atoms with Crippen molar-refractivity contribution in [2.45, 2.75) is 0 Å².